The average molecular weight is 221 g/mol. The predicted molar refractivity (Wildman–Crippen MR) is 55.6 cm³/mol. The van der Waals surface area contributed by atoms with Gasteiger partial charge in [0.05, 0.1) is 12.4 Å². The lowest BCUT2D eigenvalue weighted by atomic mass is 9.94. The first-order chi connectivity index (χ1) is 6.38. The van der Waals surface area contributed by atoms with Crippen LogP contribution in [0.3, 0.4) is 0 Å². The molecule has 1 heterocycles. The monoisotopic (exact) mass is 221 g/mol. The van der Waals surface area contributed by atoms with Gasteiger partial charge in [0, 0.05) is 6.54 Å². The van der Waals surface area contributed by atoms with Crippen molar-refractivity contribution in [2.24, 2.45) is 5.92 Å². The van der Waals surface area contributed by atoms with E-state index in [-0.39, 0.29) is 6.10 Å². The molecule has 1 rings (SSSR count). The maximum Gasteiger partial charge on any atom is 0.264 e. The van der Waals surface area contributed by atoms with Crippen molar-refractivity contribution in [3.8, 4) is 0 Å². The van der Waals surface area contributed by atoms with Gasteiger partial charge in [0.25, 0.3) is 10.1 Å². The number of rotatable bonds is 3. The second-order valence-electron chi connectivity index (χ2n) is 4.17. The van der Waals surface area contributed by atoms with Crippen LogP contribution in [0.4, 0.5) is 0 Å². The summed E-state index contributed by atoms with van der Waals surface area (Å²) in [6.07, 6.45) is 3.09. The number of likely N-dealkylation sites (tertiary alicyclic amines) is 1. The molecule has 0 unspecified atom stereocenters. The van der Waals surface area contributed by atoms with Gasteiger partial charge in [-0.25, -0.2) is 0 Å². The summed E-state index contributed by atoms with van der Waals surface area (Å²) in [6.45, 7) is 3.86. The van der Waals surface area contributed by atoms with Gasteiger partial charge in [-0.3, -0.25) is 4.18 Å². The van der Waals surface area contributed by atoms with Crippen molar-refractivity contribution in [1.82, 2.24) is 4.90 Å². The standard InChI is InChI=1S/C9H19NO3S/c1-8(13-14(3,11)12)9-5-4-6-10(2)7-9/h8-9H,4-7H2,1-3H3/t8-,9+/m0/s1. The Morgan fingerprint density at radius 1 is 1.50 bits per heavy atom. The van der Waals surface area contributed by atoms with Crippen LogP contribution >= 0.6 is 0 Å². The van der Waals surface area contributed by atoms with Crippen LogP contribution in [0, 0.1) is 5.92 Å². The first-order valence-corrected chi connectivity index (χ1v) is 6.77. The van der Waals surface area contributed by atoms with Crippen LogP contribution in [0.25, 0.3) is 0 Å². The van der Waals surface area contributed by atoms with Crippen molar-refractivity contribution in [2.45, 2.75) is 25.9 Å². The average Bonchev–Trinajstić information content (AvgIpc) is 2.01. The summed E-state index contributed by atoms with van der Waals surface area (Å²) in [5.41, 5.74) is 0. The number of nitrogens with zero attached hydrogens (tertiary/aromatic N) is 1. The molecule has 0 spiro atoms. The third kappa shape index (κ3) is 3.94. The van der Waals surface area contributed by atoms with Crippen LogP contribution in [0.1, 0.15) is 19.8 Å². The van der Waals surface area contributed by atoms with E-state index in [1.165, 1.54) is 0 Å². The molecule has 5 heteroatoms. The molecule has 0 bridgehead atoms. The highest BCUT2D eigenvalue weighted by atomic mass is 32.2. The molecule has 14 heavy (non-hydrogen) atoms. The van der Waals surface area contributed by atoms with E-state index in [2.05, 4.69) is 11.9 Å². The highest BCUT2D eigenvalue weighted by Gasteiger charge is 2.25. The fourth-order valence-corrected chi connectivity index (χ4v) is 2.65. The van der Waals surface area contributed by atoms with E-state index in [1.54, 1.807) is 0 Å². The van der Waals surface area contributed by atoms with Crippen LogP contribution in [-0.4, -0.2) is 45.8 Å². The Kier molecular flexibility index (Phi) is 3.92. The summed E-state index contributed by atoms with van der Waals surface area (Å²) in [6, 6.07) is 0. The summed E-state index contributed by atoms with van der Waals surface area (Å²) in [7, 11) is -1.25. The first kappa shape index (κ1) is 11.9. The zero-order valence-electron chi connectivity index (χ0n) is 9.06. The normalized spacial score (nSPS) is 27.5. The fraction of sp³-hybridized carbons (Fsp3) is 1.00. The minimum atomic E-state index is -3.31. The van der Waals surface area contributed by atoms with Crippen LogP contribution in [0.2, 0.25) is 0 Å². The highest BCUT2D eigenvalue weighted by Crippen LogP contribution is 2.21. The van der Waals surface area contributed by atoms with Gasteiger partial charge in [-0.15, -0.1) is 0 Å². The Morgan fingerprint density at radius 2 is 2.14 bits per heavy atom. The zero-order valence-corrected chi connectivity index (χ0v) is 9.88. The Balaban J connectivity index is 2.47. The number of hydrogen-bond acceptors (Lipinski definition) is 4. The summed E-state index contributed by atoms with van der Waals surface area (Å²) in [5, 5.41) is 0. The number of piperidine rings is 1. The van der Waals surface area contributed by atoms with Crippen molar-refractivity contribution in [2.75, 3.05) is 26.4 Å². The third-order valence-electron chi connectivity index (χ3n) is 2.65. The minimum Gasteiger partial charge on any atom is -0.306 e. The van der Waals surface area contributed by atoms with E-state index in [1.807, 2.05) is 6.92 Å². The lowest BCUT2D eigenvalue weighted by Crippen LogP contribution is -2.38. The molecule has 0 radical (unpaired) electrons. The Bertz CT molecular complexity index is 276. The maximum absolute atomic E-state index is 10.9. The van der Waals surface area contributed by atoms with Gasteiger partial charge in [-0.05, 0) is 39.3 Å². The molecular weight excluding hydrogens is 202 g/mol. The molecule has 1 fully saturated rings. The second-order valence-corrected chi connectivity index (χ2v) is 5.77. The lowest BCUT2D eigenvalue weighted by Gasteiger charge is -2.32. The van der Waals surface area contributed by atoms with Gasteiger partial charge < -0.3 is 4.90 Å². The topological polar surface area (TPSA) is 46.6 Å². The van der Waals surface area contributed by atoms with E-state index in [9.17, 15) is 8.42 Å². The molecule has 84 valence electrons. The molecule has 2 atom stereocenters. The van der Waals surface area contributed by atoms with Crippen molar-refractivity contribution in [3.63, 3.8) is 0 Å². The predicted octanol–water partition coefficient (Wildman–Crippen LogP) is 0.693. The molecule has 0 aliphatic carbocycles. The molecule has 0 aromatic heterocycles. The van der Waals surface area contributed by atoms with Crippen molar-refractivity contribution < 1.29 is 12.6 Å². The van der Waals surface area contributed by atoms with Gasteiger partial charge in [-0.1, -0.05) is 0 Å². The molecule has 0 aromatic rings. The molecule has 0 saturated carbocycles. The molecule has 1 saturated heterocycles. The molecule has 4 nitrogen and oxygen atoms in total. The molecule has 1 aliphatic rings. The summed E-state index contributed by atoms with van der Waals surface area (Å²) < 4.78 is 26.8. The van der Waals surface area contributed by atoms with Gasteiger partial charge in [0.1, 0.15) is 0 Å². The molecule has 0 amide bonds. The van der Waals surface area contributed by atoms with E-state index in [4.69, 9.17) is 4.18 Å². The summed E-state index contributed by atoms with van der Waals surface area (Å²) >= 11 is 0. The molecule has 0 aromatic carbocycles. The zero-order chi connectivity index (χ0) is 10.8. The van der Waals surface area contributed by atoms with E-state index >= 15 is 0 Å². The van der Waals surface area contributed by atoms with E-state index in [0.717, 1.165) is 32.2 Å². The first-order valence-electron chi connectivity index (χ1n) is 4.95. The SMILES string of the molecule is C[C@H](OS(C)(=O)=O)[C@@H]1CCCN(C)C1. The quantitative estimate of drug-likeness (QED) is 0.658. The lowest BCUT2D eigenvalue weighted by molar-refractivity contribution is 0.0955. The largest absolute Gasteiger partial charge is 0.306 e. The van der Waals surface area contributed by atoms with Crippen molar-refractivity contribution in [3.05, 3.63) is 0 Å². The van der Waals surface area contributed by atoms with Crippen molar-refractivity contribution in [1.29, 1.82) is 0 Å². The Labute approximate surface area is 86.4 Å². The van der Waals surface area contributed by atoms with Gasteiger partial charge in [0.2, 0.25) is 0 Å². The third-order valence-corrected chi connectivity index (χ3v) is 3.30. The molecular formula is C9H19NO3S. The van der Waals surface area contributed by atoms with E-state index < -0.39 is 10.1 Å². The Morgan fingerprint density at radius 3 is 2.64 bits per heavy atom. The summed E-state index contributed by atoms with van der Waals surface area (Å²) in [5.74, 6) is 0.337. The van der Waals surface area contributed by atoms with Crippen LogP contribution in [-0.2, 0) is 14.3 Å². The van der Waals surface area contributed by atoms with Crippen molar-refractivity contribution >= 4 is 10.1 Å². The van der Waals surface area contributed by atoms with Gasteiger partial charge in [-0.2, -0.15) is 8.42 Å². The van der Waals surface area contributed by atoms with Crippen LogP contribution in [0.5, 0.6) is 0 Å². The smallest absolute Gasteiger partial charge is 0.264 e. The second kappa shape index (κ2) is 4.59. The Hall–Kier alpha value is -0.130. The van der Waals surface area contributed by atoms with Crippen LogP contribution < -0.4 is 0 Å². The maximum atomic E-state index is 10.9. The van der Waals surface area contributed by atoms with Gasteiger partial charge in [0.15, 0.2) is 0 Å². The van der Waals surface area contributed by atoms with E-state index in [0.29, 0.717) is 5.92 Å². The summed E-state index contributed by atoms with van der Waals surface area (Å²) in [4.78, 5) is 2.22. The molecule has 0 N–H and O–H groups in total. The van der Waals surface area contributed by atoms with Crippen LogP contribution in [0.15, 0.2) is 0 Å². The van der Waals surface area contributed by atoms with Gasteiger partial charge >= 0.3 is 0 Å². The minimum absolute atomic E-state index is 0.201. The molecule has 1 aliphatic heterocycles. The highest BCUT2D eigenvalue weighted by molar-refractivity contribution is 7.86. The fourth-order valence-electron chi connectivity index (χ4n) is 1.94. The number of hydrogen-bond donors (Lipinski definition) is 0.